The van der Waals surface area contributed by atoms with Crippen LogP contribution in [0, 0.1) is 0 Å². The van der Waals surface area contributed by atoms with Crippen molar-refractivity contribution in [1.29, 1.82) is 0 Å². The van der Waals surface area contributed by atoms with Gasteiger partial charge in [-0.1, -0.05) is 6.08 Å². The molecule has 134 valence electrons. The molecule has 5 nitrogen and oxygen atoms in total. The highest BCUT2D eigenvalue weighted by atomic mass is 19.4. The summed E-state index contributed by atoms with van der Waals surface area (Å²) < 4.78 is 46.6. The molecule has 2 aromatic rings. The van der Waals surface area contributed by atoms with Gasteiger partial charge in [0.2, 0.25) is 0 Å². The molecule has 1 atom stereocenters. The number of carbonyl (C=O) groups is 1. The molecule has 25 heavy (non-hydrogen) atoms. The van der Waals surface area contributed by atoms with E-state index < -0.39 is 23.8 Å². The lowest BCUT2D eigenvalue weighted by Crippen LogP contribution is -2.29. The zero-order valence-corrected chi connectivity index (χ0v) is 13.6. The third kappa shape index (κ3) is 4.93. The Kier molecular flexibility index (Phi) is 5.97. The first kappa shape index (κ1) is 18.7. The molecule has 0 saturated carbocycles. The number of carbonyl (C=O) groups excluding carboxylic acids is 1. The van der Waals surface area contributed by atoms with Gasteiger partial charge in [0.05, 0.1) is 23.5 Å². The fourth-order valence-electron chi connectivity index (χ4n) is 2.08. The highest BCUT2D eigenvalue weighted by molar-refractivity contribution is 5.94. The van der Waals surface area contributed by atoms with Crippen LogP contribution in [0.2, 0.25) is 0 Å². The number of rotatable bonds is 7. The number of benzene rings is 1. The van der Waals surface area contributed by atoms with Gasteiger partial charge in [0.15, 0.2) is 0 Å². The predicted octanol–water partition coefficient (Wildman–Crippen LogP) is 3.81. The molecule has 0 aliphatic carbocycles. The molecule has 1 aromatic carbocycles. The Morgan fingerprint density at radius 3 is 2.84 bits per heavy atom. The monoisotopic (exact) mass is 353 g/mol. The van der Waals surface area contributed by atoms with Gasteiger partial charge in [-0.15, -0.1) is 6.58 Å². The smallest absolute Gasteiger partial charge is 0.368 e. The topological polar surface area (TPSA) is 56.1 Å². The van der Waals surface area contributed by atoms with Gasteiger partial charge in [-0.05, 0) is 37.6 Å². The molecule has 0 bridgehead atoms. The number of nitrogens with zero attached hydrogens (tertiary/aromatic N) is 2. The van der Waals surface area contributed by atoms with Crippen LogP contribution in [0.25, 0.3) is 5.69 Å². The summed E-state index contributed by atoms with van der Waals surface area (Å²) in [5.74, 6) is -0.651. The molecule has 1 unspecified atom stereocenters. The number of aromatic nitrogens is 2. The summed E-state index contributed by atoms with van der Waals surface area (Å²) in [6.07, 6.45) is -0.343. The highest BCUT2D eigenvalue weighted by Crippen LogP contribution is 2.36. The molecule has 0 aliphatic heterocycles. The summed E-state index contributed by atoms with van der Waals surface area (Å²) in [6, 6.07) is 5.19. The second-order valence-corrected chi connectivity index (χ2v) is 5.26. The van der Waals surface area contributed by atoms with E-state index in [9.17, 15) is 18.0 Å². The maximum Gasteiger partial charge on any atom is 0.418 e. The maximum absolute atomic E-state index is 13.3. The summed E-state index contributed by atoms with van der Waals surface area (Å²) in [6.45, 7) is 5.27. The number of hydrogen-bond acceptors (Lipinski definition) is 3. The first-order valence-electron chi connectivity index (χ1n) is 7.57. The molecule has 1 N–H and O–H groups in total. The van der Waals surface area contributed by atoms with Crippen LogP contribution in [-0.2, 0) is 15.7 Å². The maximum atomic E-state index is 13.3. The second-order valence-electron chi connectivity index (χ2n) is 5.26. The number of halogens is 3. The first-order valence-corrected chi connectivity index (χ1v) is 7.57. The van der Waals surface area contributed by atoms with Crippen molar-refractivity contribution in [2.45, 2.75) is 25.6 Å². The van der Waals surface area contributed by atoms with Crippen LogP contribution in [0.5, 0.6) is 0 Å². The van der Waals surface area contributed by atoms with Gasteiger partial charge in [-0.25, -0.2) is 4.68 Å². The molecule has 1 amide bonds. The van der Waals surface area contributed by atoms with E-state index in [-0.39, 0.29) is 18.0 Å². The standard InChI is InChI=1S/C17H18F3N3O2/c1-3-4-10-25-12(2)16(24)22-15-7-6-13(23-9-5-8-21-23)11-14(15)17(18,19)20/h3,5-9,11-12H,1,4,10H2,2H3,(H,22,24). The Labute approximate surface area is 143 Å². The zero-order valence-electron chi connectivity index (χ0n) is 13.6. The minimum absolute atomic E-state index is 0.241. The quantitative estimate of drug-likeness (QED) is 0.608. The third-order valence-electron chi connectivity index (χ3n) is 3.39. The summed E-state index contributed by atoms with van der Waals surface area (Å²) in [7, 11) is 0. The van der Waals surface area contributed by atoms with Gasteiger partial charge in [0.25, 0.3) is 5.91 Å². The van der Waals surface area contributed by atoms with Crippen molar-refractivity contribution in [3.05, 3.63) is 54.9 Å². The predicted molar refractivity (Wildman–Crippen MR) is 87.4 cm³/mol. The summed E-state index contributed by atoms with van der Waals surface area (Å²) in [4.78, 5) is 12.1. The number of ether oxygens (including phenoxy) is 1. The van der Waals surface area contributed by atoms with Gasteiger partial charge in [-0.2, -0.15) is 18.3 Å². The van der Waals surface area contributed by atoms with Crippen LogP contribution < -0.4 is 5.32 Å². The number of anilines is 1. The number of alkyl halides is 3. The molecule has 0 radical (unpaired) electrons. The zero-order chi connectivity index (χ0) is 18.4. The van der Waals surface area contributed by atoms with E-state index in [1.165, 1.54) is 36.1 Å². The lowest BCUT2D eigenvalue weighted by molar-refractivity contribution is -0.137. The summed E-state index contributed by atoms with van der Waals surface area (Å²) in [5.41, 5.74) is -1.04. The van der Waals surface area contributed by atoms with Crippen molar-refractivity contribution in [2.75, 3.05) is 11.9 Å². The Morgan fingerprint density at radius 1 is 1.48 bits per heavy atom. The lowest BCUT2D eigenvalue weighted by Gasteiger charge is -2.17. The summed E-state index contributed by atoms with van der Waals surface area (Å²) in [5, 5.41) is 6.18. The molecular weight excluding hydrogens is 335 g/mol. The summed E-state index contributed by atoms with van der Waals surface area (Å²) >= 11 is 0. The van der Waals surface area contributed by atoms with E-state index in [2.05, 4.69) is 17.0 Å². The Balaban J connectivity index is 2.22. The van der Waals surface area contributed by atoms with Gasteiger partial charge in [0.1, 0.15) is 6.10 Å². The number of amides is 1. The fourth-order valence-corrected chi connectivity index (χ4v) is 2.08. The largest absolute Gasteiger partial charge is 0.418 e. The first-order chi connectivity index (χ1) is 11.8. The average molecular weight is 353 g/mol. The van der Waals surface area contributed by atoms with E-state index in [4.69, 9.17) is 4.74 Å². The minimum atomic E-state index is -4.63. The minimum Gasteiger partial charge on any atom is -0.368 e. The van der Waals surface area contributed by atoms with Crippen molar-refractivity contribution in [3.8, 4) is 5.69 Å². The highest BCUT2D eigenvalue weighted by Gasteiger charge is 2.34. The van der Waals surface area contributed by atoms with Crippen molar-refractivity contribution < 1.29 is 22.7 Å². The number of hydrogen-bond donors (Lipinski definition) is 1. The van der Waals surface area contributed by atoms with Crippen LogP contribution in [0.4, 0.5) is 18.9 Å². The molecule has 1 heterocycles. The van der Waals surface area contributed by atoms with Gasteiger partial charge >= 0.3 is 6.18 Å². The van der Waals surface area contributed by atoms with E-state index in [0.29, 0.717) is 6.42 Å². The molecule has 8 heteroatoms. The van der Waals surface area contributed by atoms with Gasteiger partial charge in [0, 0.05) is 12.4 Å². The fraction of sp³-hybridized carbons (Fsp3) is 0.294. The third-order valence-corrected chi connectivity index (χ3v) is 3.39. The van der Waals surface area contributed by atoms with Crippen LogP contribution >= 0.6 is 0 Å². The molecule has 0 aliphatic rings. The van der Waals surface area contributed by atoms with Gasteiger partial charge < -0.3 is 10.1 Å². The number of nitrogens with one attached hydrogen (secondary N) is 1. The molecule has 0 spiro atoms. The van der Waals surface area contributed by atoms with Crippen molar-refractivity contribution >= 4 is 11.6 Å². The van der Waals surface area contributed by atoms with Crippen molar-refractivity contribution in [3.63, 3.8) is 0 Å². The molecule has 0 saturated heterocycles. The van der Waals surface area contributed by atoms with Gasteiger partial charge in [-0.3, -0.25) is 4.79 Å². The van der Waals surface area contributed by atoms with E-state index >= 15 is 0 Å². The molecule has 0 fully saturated rings. The molecular formula is C17H18F3N3O2. The van der Waals surface area contributed by atoms with E-state index in [1.807, 2.05) is 0 Å². The van der Waals surface area contributed by atoms with E-state index in [0.717, 1.165) is 6.07 Å². The van der Waals surface area contributed by atoms with Crippen LogP contribution in [-0.4, -0.2) is 28.4 Å². The van der Waals surface area contributed by atoms with Crippen LogP contribution in [0.15, 0.2) is 49.3 Å². The second kappa shape index (κ2) is 7.98. The Hall–Kier alpha value is -2.61. The molecule has 2 rings (SSSR count). The Bertz CT molecular complexity index is 727. The van der Waals surface area contributed by atoms with Crippen molar-refractivity contribution in [1.82, 2.24) is 9.78 Å². The Morgan fingerprint density at radius 2 is 2.24 bits per heavy atom. The SMILES string of the molecule is C=CCCOC(C)C(=O)Nc1ccc(-n2cccn2)cc1C(F)(F)F. The van der Waals surface area contributed by atoms with Crippen LogP contribution in [0.1, 0.15) is 18.9 Å². The van der Waals surface area contributed by atoms with E-state index in [1.54, 1.807) is 12.1 Å². The molecule has 1 aromatic heterocycles. The van der Waals surface area contributed by atoms with Crippen LogP contribution in [0.3, 0.4) is 0 Å². The average Bonchev–Trinajstić information content (AvgIpc) is 3.08. The lowest BCUT2D eigenvalue weighted by atomic mass is 10.1. The normalized spacial score (nSPS) is 12.6. The van der Waals surface area contributed by atoms with Crippen molar-refractivity contribution in [2.24, 2.45) is 0 Å².